The van der Waals surface area contributed by atoms with Crippen LogP contribution in [0.4, 0.5) is 0 Å². The minimum atomic E-state index is -4.24. The van der Waals surface area contributed by atoms with Gasteiger partial charge in [-0.3, -0.25) is 60.7 Å². The van der Waals surface area contributed by atoms with E-state index in [9.17, 15) is 60.7 Å². The van der Waals surface area contributed by atoms with E-state index >= 15 is 0 Å². The molecule has 0 unspecified atom stereocenters. The van der Waals surface area contributed by atoms with Crippen LogP contribution in [0.3, 0.4) is 0 Å². The first-order valence-electron chi connectivity index (χ1n) is 6.57. The first-order valence-corrected chi connectivity index (χ1v) is 6.57. The van der Waals surface area contributed by atoms with Gasteiger partial charge in [-0.1, -0.05) is 0 Å². The number of hydrogen-bond acceptors (Lipinski definition) is 16. The molecular formula is C6H2N12O12. The Bertz CT molecular complexity index is 941. The number of H-pyrrole nitrogens is 2. The van der Waals surface area contributed by atoms with Crippen molar-refractivity contribution in [1.29, 1.82) is 0 Å². The summed E-state index contributed by atoms with van der Waals surface area (Å²) >= 11 is 0. The van der Waals surface area contributed by atoms with E-state index < -0.39 is 64.4 Å². The lowest BCUT2D eigenvalue weighted by Crippen LogP contribution is -2.51. The number of nitrogens with one attached hydrogen (secondary N) is 2. The van der Waals surface area contributed by atoms with E-state index in [-0.39, 0.29) is 0 Å². The molecule has 24 nitrogen and oxygen atoms in total. The Morgan fingerprint density at radius 2 is 0.767 bits per heavy atom. The quantitative estimate of drug-likeness (QED) is 0.233. The Hall–Kier alpha value is -5.32. The molecule has 0 aliphatic rings. The van der Waals surface area contributed by atoms with Crippen LogP contribution in [0.25, 0.3) is 11.6 Å². The number of nitro groups is 6. The Labute approximate surface area is 156 Å². The molecule has 0 amide bonds. The second kappa shape index (κ2) is 6.69. The van der Waals surface area contributed by atoms with Gasteiger partial charge >= 0.3 is 23.2 Å². The smallest absolute Gasteiger partial charge is 0.252 e. The molecule has 0 saturated carbocycles. The average molecular weight is 434 g/mol. The maximum Gasteiger partial charge on any atom is 0.762 e. The Kier molecular flexibility index (Phi) is 4.68. The fourth-order valence-corrected chi connectivity index (χ4v) is 1.94. The summed E-state index contributed by atoms with van der Waals surface area (Å²) in [5.41, 5.74) is 0. The molecule has 158 valence electrons. The number of nitrogens with zero attached hydrogens (tertiary/aromatic N) is 10. The molecule has 30 heavy (non-hydrogen) atoms. The third kappa shape index (κ3) is 2.55. The van der Waals surface area contributed by atoms with Crippen molar-refractivity contribution in [2.45, 2.75) is 11.6 Å². The minimum Gasteiger partial charge on any atom is -0.252 e. The topological polar surface area (TPSA) is 342 Å². The highest BCUT2D eigenvalue weighted by atomic mass is 16.7. The minimum absolute atomic E-state index is 1.01. The molecule has 0 saturated heterocycles. The van der Waals surface area contributed by atoms with Crippen LogP contribution in [0.1, 0.15) is 11.6 Å². The zero-order valence-electron chi connectivity index (χ0n) is 13.4. The van der Waals surface area contributed by atoms with Crippen molar-refractivity contribution < 1.29 is 29.5 Å². The highest BCUT2D eigenvalue weighted by Gasteiger charge is 2.77. The molecule has 0 atom stereocenters. The number of aromatic amines is 2. The molecular weight excluding hydrogens is 432 g/mol. The van der Waals surface area contributed by atoms with E-state index in [2.05, 4.69) is 20.2 Å². The zero-order valence-corrected chi connectivity index (χ0v) is 13.4. The van der Waals surface area contributed by atoms with E-state index in [1.807, 2.05) is 0 Å². The Morgan fingerprint density at radius 1 is 0.533 bits per heavy atom. The second-order valence-corrected chi connectivity index (χ2v) is 4.83. The predicted molar refractivity (Wildman–Crippen MR) is 77.1 cm³/mol. The lowest BCUT2D eigenvalue weighted by molar-refractivity contribution is -0.987. The largest absolute Gasteiger partial charge is 0.762 e. The Morgan fingerprint density at radius 3 is 0.967 bits per heavy atom. The molecule has 0 aliphatic heterocycles. The first kappa shape index (κ1) is 21.0. The molecule has 2 aromatic heterocycles. The lowest BCUT2D eigenvalue weighted by Gasteiger charge is -2.04. The third-order valence-electron chi connectivity index (χ3n) is 3.33. The van der Waals surface area contributed by atoms with E-state index in [1.165, 1.54) is 10.2 Å². The predicted octanol–water partition coefficient (Wildman–Crippen LogP) is -2.53. The highest BCUT2D eigenvalue weighted by Crippen LogP contribution is 2.27. The van der Waals surface area contributed by atoms with Gasteiger partial charge in [0.1, 0.15) is 0 Å². The van der Waals surface area contributed by atoms with Crippen molar-refractivity contribution in [2.24, 2.45) is 0 Å². The van der Waals surface area contributed by atoms with Gasteiger partial charge in [0.2, 0.25) is 11.6 Å². The van der Waals surface area contributed by atoms with Gasteiger partial charge in [0.15, 0.2) is 29.5 Å². The van der Waals surface area contributed by atoms with Crippen LogP contribution in [0, 0.1) is 60.7 Å². The third-order valence-corrected chi connectivity index (χ3v) is 3.33. The van der Waals surface area contributed by atoms with Crippen LogP contribution in [0.5, 0.6) is 0 Å². The number of hydrogen-bond donors (Lipinski definition) is 2. The van der Waals surface area contributed by atoms with Crippen LogP contribution in [-0.2, 0) is 11.6 Å². The van der Waals surface area contributed by atoms with E-state index in [1.54, 1.807) is 0 Å². The summed E-state index contributed by atoms with van der Waals surface area (Å²) in [6, 6.07) is 0. The van der Waals surface area contributed by atoms with Crippen molar-refractivity contribution in [3.63, 3.8) is 0 Å². The summed E-state index contributed by atoms with van der Waals surface area (Å²) in [6.45, 7) is 0. The molecule has 2 aromatic rings. The van der Waals surface area contributed by atoms with Gasteiger partial charge in [0, 0.05) is 0 Å². The summed E-state index contributed by atoms with van der Waals surface area (Å²) in [7, 11) is 0. The maximum atomic E-state index is 11.0. The van der Waals surface area contributed by atoms with Gasteiger partial charge in [0.25, 0.3) is 0 Å². The molecule has 0 aliphatic carbocycles. The molecule has 0 spiro atoms. The van der Waals surface area contributed by atoms with Crippen LogP contribution in [-0.4, -0.2) is 59.9 Å². The molecule has 2 heterocycles. The van der Waals surface area contributed by atoms with Crippen LogP contribution in [0.2, 0.25) is 0 Å². The summed E-state index contributed by atoms with van der Waals surface area (Å²) in [5, 5.41) is 75.2. The summed E-state index contributed by atoms with van der Waals surface area (Å²) in [4.78, 5) is 60.6. The SMILES string of the molecule is O=[N+]([O-])C(c1nc(-c2n[nH]c(C([N+](=O)[O-])([N+](=O)[O-])[N+](=O)[O-])n2)n[nH]1)([N+](=O)[O-])[N+](=O)[O-]. The van der Waals surface area contributed by atoms with Gasteiger partial charge in [-0.25, -0.2) is 10.2 Å². The van der Waals surface area contributed by atoms with Gasteiger partial charge < -0.3 is 0 Å². The van der Waals surface area contributed by atoms with E-state index in [0.29, 0.717) is 0 Å². The van der Waals surface area contributed by atoms with Gasteiger partial charge in [-0.2, -0.15) is 9.97 Å². The molecule has 24 heteroatoms. The van der Waals surface area contributed by atoms with Gasteiger partial charge in [-0.05, 0) is 0 Å². The highest BCUT2D eigenvalue weighted by molar-refractivity contribution is 5.41. The standard InChI is InChI=1S/C6H2N12O12/c19-13(20)5(14(21)22,15(23)24)3-7-1(9-11-3)2-8-4(12-10-2)6(16(25)26,17(27)28)18(29)30/h(H,7,9,11)(H,8,10,12). The molecule has 0 fully saturated rings. The van der Waals surface area contributed by atoms with Crippen molar-refractivity contribution >= 4 is 0 Å². The van der Waals surface area contributed by atoms with Crippen LogP contribution < -0.4 is 0 Å². The molecule has 0 aromatic carbocycles. The molecule has 2 rings (SSSR count). The van der Waals surface area contributed by atoms with Crippen molar-refractivity contribution in [3.8, 4) is 11.6 Å². The van der Waals surface area contributed by atoms with Crippen molar-refractivity contribution in [2.75, 3.05) is 0 Å². The molecule has 0 bridgehead atoms. The summed E-state index contributed by atoms with van der Waals surface area (Å²) in [5.74, 6) is -13.6. The normalized spacial score (nSPS) is 11.6. The summed E-state index contributed by atoms with van der Waals surface area (Å²) < 4.78 is 0. The zero-order chi connectivity index (χ0) is 23.0. The average Bonchev–Trinajstić information content (AvgIpc) is 3.23. The Balaban J connectivity index is 2.64. The fraction of sp³-hybridized carbons (Fsp3) is 0.333. The monoisotopic (exact) mass is 434 g/mol. The first-order chi connectivity index (χ1) is 13.8. The molecule has 0 radical (unpaired) electrons. The summed E-state index contributed by atoms with van der Waals surface area (Å²) in [6.07, 6.45) is 0. The number of rotatable bonds is 9. The van der Waals surface area contributed by atoms with Crippen LogP contribution in [0.15, 0.2) is 0 Å². The maximum absolute atomic E-state index is 11.0. The molecule has 2 N–H and O–H groups in total. The van der Waals surface area contributed by atoms with E-state index in [0.717, 1.165) is 0 Å². The van der Waals surface area contributed by atoms with E-state index in [4.69, 9.17) is 0 Å². The fourth-order valence-electron chi connectivity index (χ4n) is 1.94. The van der Waals surface area contributed by atoms with Gasteiger partial charge in [-0.15, -0.1) is 10.2 Å². The van der Waals surface area contributed by atoms with Gasteiger partial charge in [0.05, 0.1) is 0 Å². The van der Waals surface area contributed by atoms with Crippen molar-refractivity contribution in [1.82, 2.24) is 30.4 Å². The lowest BCUT2D eigenvalue weighted by atomic mass is 10.3. The number of aromatic nitrogens is 6. The second-order valence-electron chi connectivity index (χ2n) is 4.83. The van der Waals surface area contributed by atoms with Crippen LogP contribution >= 0.6 is 0 Å². The van der Waals surface area contributed by atoms with Crippen molar-refractivity contribution in [3.05, 3.63) is 72.3 Å².